The molecule has 6 nitrogen and oxygen atoms in total. The van der Waals surface area contributed by atoms with Crippen molar-refractivity contribution < 1.29 is 0 Å². The molecule has 0 N–H and O–H groups in total. The quantitative estimate of drug-likeness (QED) is 0.702. The van der Waals surface area contributed by atoms with Gasteiger partial charge < -0.3 is 9.80 Å². The predicted octanol–water partition coefficient (Wildman–Crippen LogP) is 1.08. The first kappa shape index (κ1) is 19.5. The lowest BCUT2D eigenvalue weighted by Gasteiger charge is -2.37. The first-order valence-electron chi connectivity index (χ1n) is 9.86. The normalized spacial score (nSPS) is 18.9. The second-order valence-electron chi connectivity index (χ2n) is 7.24. The molecule has 0 atom stereocenters. The zero-order valence-corrected chi connectivity index (χ0v) is 16.4. The maximum absolute atomic E-state index is 5.38. The Bertz CT molecular complexity index is 688. The molecule has 2 fully saturated rings. The Balaban J connectivity index is 1.59. The van der Waals surface area contributed by atoms with Crippen LogP contribution < -0.4 is 9.80 Å². The number of hydrogen-bond donors (Lipinski definition) is 0. The van der Waals surface area contributed by atoms with Crippen LogP contribution in [-0.2, 0) is 0 Å². The van der Waals surface area contributed by atoms with Gasteiger partial charge in [0, 0.05) is 90.0 Å². The predicted molar refractivity (Wildman–Crippen MR) is 111 cm³/mol. The first-order valence-corrected chi connectivity index (χ1v) is 9.86. The van der Waals surface area contributed by atoms with Gasteiger partial charge in [0.25, 0.3) is 0 Å². The topological polar surface area (TPSA) is 38.7 Å². The fourth-order valence-corrected chi connectivity index (χ4v) is 3.70. The van der Waals surface area contributed by atoms with Gasteiger partial charge in [-0.3, -0.25) is 9.80 Å². The summed E-state index contributed by atoms with van der Waals surface area (Å²) in [6.45, 7) is 12.0. The number of rotatable bonds is 6. The van der Waals surface area contributed by atoms with Gasteiger partial charge in [-0.2, -0.15) is 4.98 Å². The van der Waals surface area contributed by atoms with E-state index in [0.717, 1.165) is 95.6 Å². The lowest BCUT2D eigenvalue weighted by Crippen LogP contribution is -2.48. The zero-order chi connectivity index (χ0) is 19.1. The SMILES string of the molecule is C#CCCN1CCN(c2ncc(C)c(N3CCN(CCC#C)CC3)n2)CC1. The van der Waals surface area contributed by atoms with E-state index in [1.807, 2.05) is 6.20 Å². The minimum absolute atomic E-state index is 0.818. The first-order chi connectivity index (χ1) is 13.2. The maximum Gasteiger partial charge on any atom is 0.227 e. The molecule has 2 saturated heterocycles. The summed E-state index contributed by atoms with van der Waals surface area (Å²) in [4.78, 5) is 19.1. The lowest BCUT2D eigenvalue weighted by molar-refractivity contribution is 0.261. The van der Waals surface area contributed by atoms with Crippen molar-refractivity contribution in [2.75, 3.05) is 75.2 Å². The number of aryl methyl sites for hydroxylation is 1. The highest BCUT2D eigenvalue weighted by atomic mass is 15.3. The molecule has 6 heteroatoms. The molecule has 0 saturated carbocycles. The maximum atomic E-state index is 5.38. The van der Waals surface area contributed by atoms with Gasteiger partial charge in [-0.15, -0.1) is 24.7 Å². The number of anilines is 2. The molecule has 3 rings (SSSR count). The summed E-state index contributed by atoms with van der Waals surface area (Å²) in [7, 11) is 0. The van der Waals surface area contributed by atoms with Crippen molar-refractivity contribution in [3.63, 3.8) is 0 Å². The van der Waals surface area contributed by atoms with E-state index < -0.39 is 0 Å². The standard InChI is InChI=1S/C21H30N6/c1-4-6-8-24-10-14-26(15-11-24)20-19(3)18-22-21(23-20)27-16-12-25(13-17-27)9-7-5-2/h1-2,18H,6-17H2,3H3. The van der Waals surface area contributed by atoms with Crippen LogP contribution in [0.5, 0.6) is 0 Å². The highest BCUT2D eigenvalue weighted by Crippen LogP contribution is 2.22. The van der Waals surface area contributed by atoms with Crippen LogP contribution in [0.25, 0.3) is 0 Å². The molecular weight excluding hydrogens is 336 g/mol. The van der Waals surface area contributed by atoms with Crippen LogP contribution in [0.3, 0.4) is 0 Å². The highest BCUT2D eigenvalue weighted by molar-refractivity contribution is 5.50. The van der Waals surface area contributed by atoms with Crippen LogP contribution in [0.2, 0.25) is 0 Å². The molecule has 2 aliphatic rings. The molecule has 0 aromatic carbocycles. The summed E-state index contributed by atoms with van der Waals surface area (Å²) in [6, 6.07) is 0. The van der Waals surface area contributed by atoms with E-state index >= 15 is 0 Å². The van der Waals surface area contributed by atoms with Crippen LogP contribution in [0, 0.1) is 31.6 Å². The van der Waals surface area contributed by atoms with Gasteiger partial charge in [-0.05, 0) is 6.92 Å². The molecule has 27 heavy (non-hydrogen) atoms. The largest absolute Gasteiger partial charge is 0.354 e. The van der Waals surface area contributed by atoms with E-state index in [1.165, 1.54) is 0 Å². The van der Waals surface area contributed by atoms with Gasteiger partial charge in [0.05, 0.1) is 0 Å². The molecule has 0 bridgehead atoms. The minimum atomic E-state index is 0.818. The minimum Gasteiger partial charge on any atom is -0.354 e. The van der Waals surface area contributed by atoms with Gasteiger partial charge in [0.1, 0.15) is 5.82 Å². The van der Waals surface area contributed by atoms with Gasteiger partial charge in [0.2, 0.25) is 5.95 Å². The van der Waals surface area contributed by atoms with E-state index in [9.17, 15) is 0 Å². The van der Waals surface area contributed by atoms with Gasteiger partial charge in [-0.1, -0.05) is 0 Å². The molecular formula is C21H30N6. The Morgan fingerprint density at radius 1 is 0.852 bits per heavy atom. The summed E-state index contributed by atoms with van der Waals surface area (Å²) in [5, 5.41) is 0. The second-order valence-corrected chi connectivity index (χ2v) is 7.24. The van der Waals surface area contributed by atoms with Crippen molar-refractivity contribution >= 4 is 11.8 Å². The molecule has 1 aromatic rings. The molecule has 1 aromatic heterocycles. The summed E-state index contributed by atoms with van der Waals surface area (Å²) in [5.74, 6) is 7.38. The van der Waals surface area contributed by atoms with Crippen molar-refractivity contribution in [2.24, 2.45) is 0 Å². The number of piperazine rings is 2. The molecule has 0 aliphatic carbocycles. The van der Waals surface area contributed by atoms with Crippen molar-refractivity contribution in [3.8, 4) is 24.7 Å². The summed E-state index contributed by atoms with van der Waals surface area (Å²) < 4.78 is 0. The molecule has 0 amide bonds. The fraction of sp³-hybridized carbons (Fsp3) is 0.619. The van der Waals surface area contributed by atoms with Crippen molar-refractivity contribution in [3.05, 3.63) is 11.8 Å². The highest BCUT2D eigenvalue weighted by Gasteiger charge is 2.22. The van der Waals surface area contributed by atoms with E-state index in [-0.39, 0.29) is 0 Å². The Hall–Kier alpha value is -2.28. The number of aromatic nitrogens is 2. The van der Waals surface area contributed by atoms with Crippen LogP contribution in [0.4, 0.5) is 11.8 Å². The van der Waals surface area contributed by atoms with Crippen LogP contribution in [0.1, 0.15) is 18.4 Å². The number of hydrogen-bond acceptors (Lipinski definition) is 6. The Morgan fingerprint density at radius 3 is 1.89 bits per heavy atom. The average Bonchev–Trinajstić information content (AvgIpc) is 2.72. The average molecular weight is 367 g/mol. The smallest absolute Gasteiger partial charge is 0.227 e. The molecule has 2 aliphatic heterocycles. The molecule has 3 heterocycles. The molecule has 0 spiro atoms. The third-order valence-electron chi connectivity index (χ3n) is 5.40. The van der Waals surface area contributed by atoms with E-state index in [1.54, 1.807) is 0 Å². The zero-order valence-electron chi connectivity index (χ0n) is 16.4. The van der Waals surface area contributed by atoms with Gasteiger partial charge in [0.15, 0.2) is 0 Å². The van der Waals surface area contributed by atoms with Crippen LogP contribution >= 0.6 is 0 Å². The third kappa shape index (κ3) is 5.13. The van der Waals surface area contributed by atoms with E-state index in [4.69, 9.17) is 17.8 Å². The number of terminal acetylenes is 2. The number of nitrogens with zero attached hydrogens (tertiary/aromatic N) is 6. The Kier molecular flexibility index (Phi) is 6.92. The van der Waals surface area contributed by atoms with Crippen LogP contribution in [-0.4, -0.2) is 85.2 Å². The van der Waals surface area contributed by atoms with Crippen molar-refractivity contribution in [1.29, 1.82) is 0 Å². The lowest BCUT2D eigenvalue weighted by atomic mass is 10.2. The Labute approximate surface area is 163 Å². The summed E-state index contributed by atoms with van der Waals surface area (Å²) in [6.07, 6.45) is 14.4. The van der Waals surface area contributed by atoms with E-state index in [0.29, 0.717) is 0 Å². The van der Waals surface area contributed by atoms with Gasteiger partial charge >= 0.3 is 0 Å². The van der Waals surface area contributed by atoms with Crippen LogP contribution in [0.15, 0.2) is 6.20 Å². The third-order valence-corrected chi connectivity index (χ3v) is 5.40. The molecule has 144 valence electrons. The fourth-order valence-electron chi connectivity index (χ4n) is 3.70. The second kappa shape index (κ2) is 9.60. The summed E-state index contributed by atoms with van der Waals surface area (Å²) in [5.41, 5.74) is 1.14. The Morgan fingerprint density at radius 2 is 1.37 bits per heavy atom. The van der Waals surface area contributed by atoms with Crippen molar-refractivity contribution in [1.82, 2.24) is 19.8 Å². The monoisotopic (exact) mass is 366 g/mol. The van der Waals surface area contributed by atoms with Crippen molar-refractivity contribution in [2.45, 2.75) is 19.8 Å². The van der Waals surface area contributed by atoms with Gasteiger partial charge in [-0.25, -0.2) is 4.98 Å². The molecule has 0 unspecified atom stereocenters. The summed E-state index contributed by atoms with van der Waals surface area (Å²) >= 11 is 0. The van der Waals surface area contributed by atoms with E-state index in [2.05, 4.69) is 43.3 Å². The molecule has 0 radical (unpaired) electrons.